The summed E-state index contributed by atoms with van der Waals surface area (Å²) in [4.78, 5) is 22.6. The van der Waals surface area contributed by atoms with E-state index in [1.54, 1.807) is 25.3 Å². The Bertz CT molecular complexity index is 1520. The molecule has 3 aromatic carbocycles. The summed E-state index contributed by atoms with van der Waals surface area (Å²) < 4.78 is 5.25. The van der Waals surface area contributed by atoms with Crippen molar-refractivity contribution in [1.82, 2.24) is 9.97 Å². The van der Waals surface area contributed by atoms with Crippen molar-refractivity contribution in [1.29, 1.82) is 0 Å². The van der Waals surface area contributed by atoms with E-state index in [-0.39, 0.29) is 5.91 Å². The molecule has 0 saturated heterocycles. The maximum atomic E-state index is 13.3. The van der Waals surface area contributed by atoms with Gasteiger partial charge in [-0.05, 0) is 54.6 Å². The second-order valence-electron chi connectivity index (χ2n) is 7.42. The van der Waals surface area contributed by atoms with Gasteiger partial charge in [-0.25, -0.2) is 9.97 Å². The fourth-order valence-corrected chi connectivity index (χ4v) is 4.80. The van der Waals surface area contributed by atoms with Crippen LogP contribution in [0, 0.1) is 0 Å². The first-order chi connectivity index (χ1) is 16.5. The minimum Gasteiger partial charge on any atom is -0.497 e. The Morgan fingerprint density at radius 2 is 1.74 bits per heavy atom. The lowest BCUT2D eigenvalue weighted by atomic mass is 10.0. The Balaban J connectivity index is 1.49. The molecule has 1 N–H and O–H groups in total. The van der Waals surface area contributed by atoms with E-state index >= 15 is 0 Å². The van der Waals surface area contributed by atoms with E-state index in [4.69, 9.17) is 32.9 Å². The average Bonchev–Trinajstić information content (AvgIpc) is 3.31. The molecule has 2 aromatic heterocycles. The van der Waals surface area contributed by atoms with E-state index in [1.165, 1.54) is 11.3 Å². The van der Waals surface area contributed by atoms with Gasteiger partial charge in [0.15, 0.2) is 5.13 Å². The van der Waals surface area contributed by atoms with Crippen LogP contribution in [0.3, 0.4) is 0 Å². The fraction of sp³-hybridized carbons (Fsp3) is 0.0385. The van der Waals surface area contributed by atoms with Crippen LogP contribution in [0.2, 0.25) is 10.0 Å². The van der Waals surface area contributed by atoms with Gasteiger partial charge in [0.05, 0.1) is 34.6 Å². The topological polar surface area (TPSA) is 64.1 Å². The van der Waals surface area contributed by atoms with Crippen molar-refractivity contribution in [3.63, 3.8) is 0 Å². The normalized spacial score (nSPS) is 10.9. The number of rotatable bonds is 5. The molecule has 2 heterocycles. The van der Waals surface area contributed by atoms with Crippen LogP contribution in [0.5, 0.6) is 5.75 Å². The van der Waals surface area contributed by atoms with Gasteiger partial charge in [0.25, 0.3) is 5.91 Å². The maximum absolute atomic E-state index is 13.3. The number of aromatic nitrogens is 2. The zero-order valence-electron chi connectivity index (χ0n) is 17.9. The van der Waals surface area contributed by atoms with Gasteiger partial charge in [0.2, 0.25) is 0 Å². The quantitative estimate of drug-likeness (QED) is 0.267. The van der Waals surface area contributed by atoms with Gasteiger partial charge in [-0.2, -0.15) is 0 Å². The molecule has 0 aliphatic carbocycles. The van der Waals surface area contributed by atoms with Crippen molar-refractivity contribution in [2.75, 3.05) is 12.4 Å². The number of nitrogens with one attached hydrogen (secondary N) is 1. The van der Waals surface area contributed by atoms with Crippen LogP contribution in [-0.4, -0.2) is 23.0 Å². The van der Waals surface area contributed by atoms with Crippen molar-refractivity contribution in [2.45, 2.75) is 0 Å². The minimum atomic E-state index is -0.267. The molecule has 0 spiro atoms. The smallest absolute Gasteiger partial charge is 0.258 e. The minimum absolute atomic E-state index is 0.267. The number of carbonyl (C=O) groups excluding carboxylic acids is 1. The third kappa shape index (κ3) is 4.48. The summed E-state index contributed by atoms with van der Waals surface area (Å²) >= 11 is 13.6. The van der Waals surface area contributed by atoms with Crippen molar-refractivity contribution in [3.05, 3.63) is 93.8 Å². The van der Waals surface area contributed by atoms with Crippen molar-refractivity contribution < 1.29 is 9.53 Å². The Morgan fingerprint density at radius 1 is 0.941 bits per heavy atom. The molecule has 0 saturated carbocycles. The third-order valence-electron chi connectivity index (χ3n) is 5.28. The van der Waals surface area contributed by atoms with Crippen LogP contribution in [0.4, 0.5) is 5.13 Å². The maximum Gasteiger partial charge on any atom is 0.258 e. The number of ether oxygens (including phenoxy) is 1. The molecule has 0 bridgehead atoms. The number of carbonyl (C=O) groups is 1. The summed E-state index contributed by atoms with van der Waals surface area (Å²) in [6, 6.07) is 22.2. The van der Waals surface area contributed by atoms with Gasteiger partial charge in [-0.15, -0.1) is 11.3 Å². The number of amides is 1. The Labute approximate surface area is 210 Å². The van der Waals surface area contributed by atoms with Gasteiger partial charge in [-0.1, -0.05) is 41.4 Å². The molecule has 168 valence electrons. The molecule has 0 aliphatic heterocycles. The number of methoxy groups -OCH3 is 1. The molecule has 0 radical (unpaired) electrons. The van der Waals surface area contributed by atoms with E-state index < -0.39 is 0 Å². The molecule has 0 unspecified atom stereocenters. The van der Waals surface area contributed by atoms with Gasteiger partial charge in [0, 0.05) is 26.9 Å². The number of benzene rings is 3. The summed E-state index contributed by atoms with van der Waals surface area (Å²) in [6.07, 6.45) is 0. The predicted molar refractivity (Wildman–Crippen MR) is 139 cm³/mol. The molecule has 5 rings (SSSR count). The van der Waals surface area contributed by atoms with Gasteiger partial charge < -0.3 is 4.74 Å². The van der Waals surface area contributed by atoms with Crippen LogP contribution < -0.4 is 10.1 Å². The summed E-state index contributed by atoms with van der Waals surface area (Å²) in [5.74, 6) is 0.485. The Hall–Kier alpha value is -3.45. The van der Waals surface area contributed by atoms with Crippen molar-refractivity contribution >= 4 is 56.5 Å². The number of hydrogen-bond donors (Lipinski definition) is 1. The zero-order valence-corrected chi connectivity index (χ0v) is 20.2. The van der Waals surface area contributed by atoms with Crippen LogP contribution in [0.15, 0.2) is 78.2 Å². The summed E-state index contributed by atoms with van der Waals surface area (Å²) in [5, 5.41) is 7.05. The number of anilines is 1. The SMILES string of the molecule is COc1ccc(-c2cc(C(=O)Nc3nc(-c4ccc(Cl)cc4Cl)cs3)c3ccccc3n2)cc1. The summed E-state index contributed by atoms with van der Waals surface area (Å²) in [7, 11) is 1.62. The predicted octanol–water partition coefficient (Wildman–Crippen LogP) is 7.59. The Kier molecular flexibility index (Phi) is 6.20. The highest BCUT2D eigenvalue weighted by atomic mass is 35.5. The third-order valence-corrected chi connectivity index (χ3v) is 6.58. The van der Waals surface area contributed by atoms with E-state index in [9.17, 15) is 4.79 Å². The van der Waals surface area contributed by atoms with E-state index in [0.29, 0.717) is 32.1 Å². The molecular formula is C26H17Cl2N3O2S. The molecule has 0 atom stereocenters. The Morgan fingerprint density at radius 3 is 2.50 bits per heavy atom. The molecule has 0 fully saturated rings. The van der Waals surface area contributed by atoms with Crippen LogP contribution in [0.1, 0.15) is 10.4 Å². The molecule has 34 heavy (non-hydrogen) atoms. The summed E-state index contributed by atoms with van der Waals surface area (Å²) in [5.41, 5.74) is 4.24. The largest absolute Gasteiger partial charge is 0.497 e. The first kappa shape index (κ1) is 22.3. The standard InChI is InChI=1S/C26H17Cl2N3O2S/c1-33-17-9-6-15(7-10-17)23-13-20(18-4-2-3-5-22(18)29-23)25(32)31-26-30-24(14-34-26)19-11-8-16(27)12-21(19)28/h2-14H,1H3,(H,30,31,32). The zero-order chi connectivity index (χ0) is 23.7. The second-order valence-corrected chi connectivity index (χ2v) is 9.12. The van der Waals surface area contributed by atoms with Crippen molar-refractivity contribution in [3.8, 4) is 28.3 Å². The van der Waals surface area contributed by atoms with Crippen LogP contribution >= 0.6 is 34.5 Å². The van der Waals surface area contributed by atoms with Crippen LogP contribution in [-0.2, 0) is 0 Å². The highest BCUT2D eigenvalue weighted by molar-refractivity contribution is 7.14. The van der Waals surface area contributed by atoms with E-state index in [2.05, 4.69) is 10.3 Å². The van der Waals surface area contributed by atoms with E-state index in [1.807, 2.05) is 60.0 Å². The number of nitrogens with zero attached hydrogens (tertiary/aromatic N) is 2. The molecular weight excluding hydrogens is 489 g/mol. The monoisotopic (exact) mass is 505 g/mol. The van der Waals surface area contributed by atoms with Gasteiger partial charge in [-0.3, -0.25) is 10.1 Å². The first-order valence-corrected chi connectivity index (χ1v) is 11.9. The molecule has 0 aliphatic rings. The molecule has 8 heteroatoms. The van der Waals surface area contributed by atoms with Crippen LogP contribution in [0.25, 0.3) is 33.4 Å². The number of fused-ring (bicyclic) bond motifs is 1. The molecule has 5 aromatic rings. The molecule has 1 amide bonds. The lowest BCUT2D eigenvalue weighted by Crippen LogP contribution is -2.13. The lowest BCUT2D eigenvalue weighted by Gasteiger charge is -2.10. The average molecular weight is 506 g/mol. The lowest BCUT2D eigenvalue weighted by molar-refractivity contribution is 0.102. The van der Waals surface area contributed by atoms with Crippen molar-refractivity contribution in [2.24, 2.45) is 0 Å². The number of para-hydroxylation sites is 1. The molecule has 5 nitrogen and oxygen atoms in total. The summed E-state index contributed by atoms with van der Waals surface area (Å²) in [6.45, 7) is 0. The van der Waals surface area contributed by atoms with Gasteiger partial charge >= 0.3 is 0 Å². The van der Waals surface area contributed by atoms with E-state index in [0.717, 1.165) is 27.8 Å². The second kappa shape index (κ2) is 9.43. The highest BCUT2D eigenvalue weighted by Crippen LogP contribution is 2.33. The number of thiazole rings is 1. The highest BCUT2D eigenvalue weighted by Gasteiger charge is 2.16. The fourth-order valence-electron chi connectivity index (χ4n) is 3.59. The number of hydrogen-bond acceptors (Lipinski definition) is 5. The van der Waals surface area contributed by atoms with Gasteiger partial charge in [0.1, 0.15) is 5.75 Å². The number of pyridine rings is 1. The number of halogens is 2. The first-order valence-electron chi connectivity index (χ1n) is 10.3.